The van der Waals surface area contributed by atoms with Crippen molar-refractivity contribution in [3.63, 3.8) is 0 Å². The van der Waals surface area contributed by atoms with Gasteiger partial charge in [-0.3, -0.25) is 5.10 Å². The number of H-pyrrole nitrogens is 1. The predicted molar refractivity (Wildman–Crippen MR) is 74.5 cm³/mol. The highest BCUT2D eigenvalue weighted by molar-refractivity contribution is 9.10. The van der Waals surface area contributed by atoms with E-state index >= 15 is 0 Å². The Bertz CT molecular complexity index is 525. The van der Waals surface area contributed by atoms with E-state index in [0.717, 1.165) is 27.1 Å². The second kappa shape index (κ2) is 5.42. The molecule has 1 aliphatic carbocycles. The number of nitrogens with one attached hydrogen (secondary N) is 2. The molecule has 1 saturated carbocycles. The molecule has 2 N–H and O–H groups in total. The standard InChI is InChI=1S/C12H13BrN4S/c13-10-5-8(6-14-9-2-3-9)1-4-11(10)18-12-15-7-16-17-12/h1,4-5,7,9,14H,2-3,6H2,(H,15,16,17). The van der Waals surface area contributed by atoms with E-state index in [-0.39, 0.29) is 0 Å². The van der Waals surface area contributed by atoms with Crippen LogP contribution >= 0.6 is 27.7 Å². The average Bonchev–Trinajstić information content (AvgIpc) is 3.06. The molecule has 3 rings (SSSR count). The van der Waals surface area contributed by atoms with Gasteiger partial charge in [0.05, 0.1) is 0 Å². The molecule has 94 valence electrons. The van der Waals surface area contributed by atoms with Crippen molar-refractivity contribution < 1.29 is 0 Å². The first kappa shape index (κ1) is 12.2. The van der Waals surface area contributed by atoms with Crippen LogP contribution in [0.5, 0.6) is 0 Å². The lowest BCUT2D eigenvalue weighted by atomic mass is 10.2. The van der Waals surface area contributed by atoms with E-state index in [9.17, 15) is 0 Å². The van der Waals surface area contributed by atoms with Gasteiger partial charge in [-0.15, -0.1) is 0 Å². The molecule has 0 bridgehead atoms. The maximum Gasteiger partial charge on any atom is 0.188 e. The van der Waals surface area contributed by atoms with E-state index in [1.165, 1.54) is 24.7 Å². The quantitative estimate of drug-likeness (QED) is 0.887. The van der Waals surface area contributed by atoms with E-state index in [4.69, 9.17) is 0 Å². The second-order valence-electron chi connectivity index (χ2n) is 4.31. The zero-order chi connectivity index (χ0) is 12.4. The molecule has 0 amide bonds. The fourth-order valence-corrected chi connectivity index (χ4v) is 3.00. The smallest absolute Gasteiger partial charge is 0.188 e. The Labute approximate surface area is 118 Å². The van der Waals surface area contributed by atoms with Gasteiger partial charge < -0.3 is 5.32 Å². The fourth-order valence-electron chi connectivity index (χ4n) is 1.63. The Balaban J connectivity index is 1.67. The fraction of sp³-hybridized carbons (Fsp3) is 0.333. The van der Waals surface area contributed by atoms with Gasteiger partial charge in [0, 0.05) is 22.0 Å². The second-order valence-corrected chi connectivity index (χ2v) is 6.20. The Morgan fingerprint density at radius 2 is 2.33 bits per heavy atom. The van der Waals surface area contributed by atoms with Gasteiger partial charge in [-0.25, -0.2) is 4.98 Å². The highest BCUT2D eigenvalue weighted by Gasteiger charge is 2.20. The summed E-state index contributed by atoms with van der Waals surface area (Å²) in [5.41, 5.74) is 1.30. The van der Waals surface area contributed by atoms with Crippen LogP contribution in [0.25, 0.3) is 0 Å². The van der Waals surface area contributed by atoms with Crippen molar-refractivity contribution in [3.05, 3.63) is 34.6 Å². The Hall–Kier alpha value is -0.850. The molecule has 1 heterocycles. The predicted octanol–water partition coefficient (Wildman–Crippen LogP) is 2.97. The van der Waals surface area contributed by atoms with Gasteiger partial charge in [0.15, 0.2) is 5.16 Å². The number of hydrogen-bond donors (Lipinski definition) is 2. The highest BCUT2D eigenvalue weighted by Crippen LogP contribution is 2.32. The Morgan fingerprint density at radius 3 is 3.00 bits per heavy atom. The number of nitrogens with zero attached hydrogens (tertiary/aromatic N) is 2. The lowest BCUT2D eigenvalue weighted by molar-refractivity contribution is 0.687. The molecule has 6 heteroatoms. The Kier molecular flexibility index (Phi) is 3.67. The normalized spacial score (nSPS) is 14.9. The van der Waals surface area contributed by atoms with E-state index in [0.29, 0.717) is 0 Å². The van der Waals surface area contributed by atoms with Crippen molar-refractivity contribution in [2.24, 2.45) is 0 Å². The van der Waals surface area contributed by atoms with E-state index in [1.54, 1.807) is 11.8 Å². The molecular weight excluding hydrogens is 312 g/mol. The van der Waals surface area contributed by atoms with Crippen molar-refractivity contribution in [3.8, 4) is 0 Å². The summed E-state index contributed by atoms with van der Waals surface area (Å²) in [6, 6.07) is 7.17. The SMILES string of the molecule is Brc1cc(CNC2CC2)ccc1Sc1ncn[nH]1. The lowest BCUT2D eigenvalue weighted by Gasteiger charge is -2.06. The molecule has 0 atom stereocenters. The summed E-state index contributed by atoms with van der Waals surface area (Å²) in [6.07, 6.45) is 4.16. The summed E-state index contributed by atoms with van der Waals surface area (Å²) in [4.78, 5) is 5.25. The third-order valence-electron chi connectivity index (χ3n) is 2.77. The van der Waals surface area contributed by atoms with Gasteiger partial charge in [-0.2, -0.15) is 5.10 Å². The molecule has 4 nitrogen and oxygen atoms in total. The number of aromatic amines is 1. The van der Waals surface area contributed by atoms with Crippen LogP contribution in [0, 0.1) is 0 Å². The molecule has 0 unspecified atom stereocenters. The number of rotatable bonds is 5. The molecule has 0 aliphatic heterocycles. The van der Waals surface area contributed by atoms with Gasteiger partial charge in [0.25, 0.3) is 0 Å². The molecule has 0 spiro atoms. The maximum atomic E-state index is 4.11. The number of aromatic nitrogens is 3. The van der Waals surface area contributed by atoms with Crippen LogP contribution in [0.3, 0.4) is 0 Å². The minimum Gasteiger partial charge on any atom is -0.310 e. The zero-order valence-electron chi connectivity index (χ0n) is 9.69. The monoisotopic (exact) mass is 324 g/mol. The van der Waals surface area contributed by atoms with Gasteiger partial charge in [-0.05, 0) is 58.2 Å². The first-order valence-electron chi connectivity index (χ1n) is 5.86. The summed E-state index contributed by atoms with van der Waals surface area (Å²) < 4.78 is 1.10. The van der Waals surface area contributed by atoms with Gasteiger partial charge in [0.1, 0.15) is 6.33 Å². The lowest BCUT2D eigenvalue weighted by Crippen LogP contribution is -2.15. The highest BCUT2D eigenvalue weighted by atomic mass is 79.9. The minimum atomic E-state index is 0.743. The molecule has 1 aromatic heterocycles. The van der Waals surface area contributed by atoms with Gasteiger partial charge in [-0.1, -0.05) is 6.07 Å². The number of halogens is 1. The molecule has 1 fully saturated rings. The summed E-state index contributed by atoms with van der Waals surface area (Å²) in [5, 5.41) is 11.0. The van der Waals surface area contributed by atoms with Crippen molar-refractivity contribution in [1.82, 2.24) is 20.5 Å². The van der Waals surface area contributed by atoms with Crippen LogP contribution in [0.15, 0.2) is 39.1 Å². The molecule has 1 aliphatic rings. The zero-order valence-corrected chi connectivity index (χ0v) is 12.1. The van der Waals surface area contributed by atoms with E-state index in [2.05, 4.69) is 54.6 Å². The van der Waals surface area contributed by atoms with E-state index in [1.807, 2.05) is 0 Å². The third kappa shape index (κ3) is 3.13. The van der Waals surface area contributed by atoms with Crippen LogP contribution in [-0.2, 0) is 6.54 Å². The van der Waals surface area contributed by atoms with Crippen molar-refractivity contribution >= 4 is 27.7 Å². The van der Waals surface area contributed by atoms with Crippen molar-refractivity contribution in [2.75, 3.05) is 0 Å². The summed E-state index contributed by atoms with van der Waals surface area (Å²) in [6.45, 7) is 0.941. The average molecular weight is 325 g/mol. The third-order valence-corrected chi connectivity index (χ3v) is 4.65. The first-order valence-corrected chi connectivity index (χ1v) is 7.47. The van der Waals surface area contributed by atoms with Crippen molar-refractivity contribution in [2.45, 2.75) is 35.5 Å². The molecule has 1 aromatic carbocycles. The molecule has 2 aromatic rings. The van der Waals surface area contributed by atoms with Crippen molar-refractivity contribution in [1.29, 1.82) is 0 Å². The summed E-state index contributed by atoms with van der Waals surface area (Å²) in [5.74, 6) is 0. The number of benzene rings is 1. The van der Waals surface area contributed by atoms with Crippen LogP contribution in [0.1, 0.15) is 18.4 Å². The topological polar surface area (TPSA) is 53.6 Å². The first-order chi connectivity index (χ1) is 8.81. The van der Waals surface area contributed by atoms with Crippen LogP contribution in [0.4, 0.5) is 0 Å². The minimum absolute atomic E-state index is 0.743. The Morgan fingerprint density at radius 1 is 1.44 bits per heavy atom. The molecule has 0 radical (unpaired) electrons. The van der Waals surface area contributed by atoms with Crippen LogP contribution in [-0.4, -0.2) is 21.2 Å². The summed E-state index contributed by atoms with van der Waals surface area (Å²) >= 11 is 5.17. The number of hydrogen-bond acceptors (Lipinski definition) is 4. The molecule has 18 heavy (non-hydrogen) atoms. The van der Waals surface area contributed by atoms with Crippen LogP contribution in [0.2, 0.25) is 0 Å². The maximum absolute atomic E-state index is 4.11. The van der Waals surface area contributed by atoms with Crippen LogP contribution < -0.4 is 5.32 Å². The van der Waals surface area contributed by atoms with E-state index < -0.39 is 0 Å². The largest absolute Gasteiger partial charge is 0.310 e. The van der Waals surface area contributed by atoms with Gasteiger partial charge >= 0.3 is 0 Å². The molecule has 0 saturated heterocycles. The van der Waals surface area contributed by atoms with Gasteiger partial charge in [0.2, 0.25) is 0 Å². The molecular formula is C12H13BrN4S. The summed E-state index contributed by atoms with van der Waals surface area (Å²) in [7, 11) is 0.